The highest BCUT2D eigenvalue weighted by Gasteiger charge is 2.40. The third-order valence-corrected chi connectivity index (χ3v) is 5.09. The maximum absolute atomic E-state index is 10.6. The van der Waals surface area contributed by atoms with Crippen LogP contribution in [0.25, 0.3) is 0 Å². The van der Waals surface area contributed by atoms with Gasteiger partial charge >= 0.3 is 0 Å². The zero-order valence-electron chi connectivity index (χ0n) is 15.5. The first-order valence-corrected chi connectivity index (χ1v) is 9.29. The Morgan fingerprint density at radius 3 is 1.61 bits per heavy atom. The van der Waals surface area contributed by atoms with Crippen molar-refractivity contribution in [3.05, 3.63) is 139 Å². The van der Waals surface area contributed by atoms with E-state index in [1.165, 1.54) is 6.08 Å². The lowest BCUT2D eigenvalue weighted by molar-refractivity contribution is 0.208. The van der Waals surface area contributed by atoms with Gasteiger partial charge < -0.3 is 9.67 Å². The van der Waals surface area contributed by atoms with Crippen LogP contribution in [0, 0.1) is 0 Å². The quantitative estimate of drug-likeness (QED) is 0.388. The Morgan fingerprint density at radius 2 is 1.21 bits per heavy atom. The van der Waals surface area contributed by atoms with Crippen LogP contribution in [0.1, 0.15) is 28.6 Å². The molecule has 0 saturated carbocycles. The molecule has 0 radical (unpaired) electrons. The van der Waals surface area contributed by atoms with Crippen molar-refractivity contribution in [2.75, 3.05) is 0 Å². The van der Waals surface area contributed by atoms with Gasteiger partial charge in [0.05, 0.1) is 0 Å². The van der Waals surface area contributed by atoms with Crippen molar-refractivity contribution in [1.29, 1.82) is 0 Å². The Bertz CT molecular complexity index is 943. The van der Waals surface area contributed by atoms with Crippen LogP contribution in [-0.2, 0) is 5.54 Å². The number of rotatable bonds is 6. The summed E-state index contributed by atoms with van der Waals surface area (Å²) in [6.07, 6.45) is 4.29. The van der Waals surface area contributed by atoms with Crippen molar-refractivity contribution in [3.63, 3.8) is 0 Å². The van der Waals surface area contributed by atoms with E-state index in [9.17, 15) is 5.11 Å². The first-order valence-electron chi connectivity index (χ1n) is 9.29. The van der Waals surface area contributed by atoms with Crippen LogP contribution in [0.4, 0.5) is 0 Å². The van der Waals surface area contributed by atoms with Gasteiger partial charge in [0.25, 0.3) is 0 Å². The second-order valence-electron chi connectivity index (χ2n) is 6.64. The highest BCUT2D eigenvalue weighted by atomic mass is 16.3. The molecular formula is C25H22N2O. The molecule has 0 aliphatic carbocycles. The fraction of sp³-hybridized carbons (Fsp3) is 0.0800. The molecule has 0 aliphatic heterocycles. The minimum Gasteiger partial charge on any atom is -0.381 e. The largest absolute Gasteiger partial charge is 0.381 e. The molecule has 1 atom stereocenters. The van der Waals surface area contributed by atoms with Crippen LogP contribution < -0.4 is 0 Å². The predicted octanol–water partition coefficient (Wildman–Crippen LogP) is 4.94. The van der Waals surface area contributed by atoms with Gasteiger partial charge in [0.15, 0.2) is 0 Å². The monoisotopic (exact) mass is 366 g/mol. The number of hydrogen-bond acceptors (Lipinski definition) is 2. The van der Waals surface area contributed by atoms with Gasteiger partial charge in [0, 0.05) is 12.4 Å². The summed E-state index contributed by atoms with van der Waals surface area (Å²) in [5, 5.41) is 10.6. The molecule has 4 rings (SSSR count). The summed E-state index contributed by atoms with van der Waals surface area (Å²) >= 11 is 0. The number of aliphatic hydroxyl groups excluding tert-OH is 1. The van der Waals surface area contributed by atoms with Crippen molar-refractivity contribution >= 4 is 0 Å². The van der Waals surface area contributed by atoms with Crippen molar-refractivity contribution in [3.8, 4) is 0 Å². The van der Waals surface area contributed by atoms with Crippen molar-refractivity contribution < 1.29 is 5.11 Å². The number of aromatic nitrogens is 2. The van der Waals surface area contributed by atoms with Crippen LogP contribution >= 0.6 is 0 Å². The first kappa shape index (κ1) is 18.0. The molecule has 28 heavy (non-hydrogen) atoms. The van der Waals surface area contributed by atoms with Crippen LogP contribution in [0.5, 0.6) is 0 Å². The van der Waals surface area contributed by atoms with Gasteiger partial charge in [-0.2, -0.15) is 0 Å². The predicted molar refractivity (Wildman–Crippen MR) is 112 cm³/mol. The molecule has 1 aromatic heterocycles. The van der Waals surface area contributed by atoms with E-state index in [-0.39, 0.29) is 0 Å². The molecule has 138 valence electrons. The van der Waals surface area contributed by atoms with E-state index >= 15 is 0 Å². The summed E-state index contributed by atoms with van der Waals surface area (Å²) in [6, 6.07) is 31.0. The first-order chi connectivity index (χ1) is 13.8. The van der Waals surface area contributed by atoms with E-state index in [2.05, 4.69) is 52.5 Å². The molecule has 0 bridgehead atoms. The third kappa shape index (κ3) is 2.86. The molecule has 3 heteroatoms. The summed E-state index contributed by atoms with van der Waals surface area (Å²) in [7, 11) is 0. The van der Waals surface area contributed by atoms with Crippen molar-refractivity contribution in [2.24, 2.45) is 0 Å². The second-order valence-corrected chi connectivity index (χ2v) is 6.64. The average Bonchev–Trinajstić information content (AvgIpc) is 3.26. The molecule has 0 spiro atoms. The highest BCUT2D eigenvalue weighted by Crippen LogP contribution is 2.42. The molecule has 1 unspecified atom stereocenters. The molecule has 0 amide bonds. The lowest BCUT2D eigenvalue weighted by Crippen LogP contribution is -2.39. The van der Waals surface area contributed by atoms with Gasteiger partial charge in [-0.25, -0.2) is 4.98 Å². The van der Waals surface area contributed by atoms with E-state index in [0.29, 0.717) is 5.82 Å². The van der Waals surface area contributed by atoms with Crippen LogP contribution in [-0.4, -0.2) is 14.7 Å². The van der Waals surface area contributed by atoms with Gasteiger partial charge in [0.2, 0.25) is 0 Å². The van der Waals surface area contributed by atoms with Gasteiger partial charge in [-0.05, 0) is 16.7 Å². The second kappa shape index (κ2) is 7.67. The lowest BCUT2D eigenvalue weighted by Gasteiger charge is -2.39. The Kier molecular flexibility index (Phi) is 4.92. The maximum Gasteiger partial charge on any atom is 0.142 e. The Balaban J connectivity index is 2.15. The average molecular weight is 366 g/mol. The number of hydrogen-bond donors (Lipinski definition) is 1. The number of aliphatic hydroxyl groups is 1. The van der Waals surface area contributed by atoms with Crippen LogP contribution in [0.15, 0.2) is 116 Å². The molecule has 3 aromatic carbocycles. The van der Waals surface area contributed by atoms with E-state index in [1.807, 2.05) is 60.8 Å². The molecule has 0 saturated heterocycles. The fourth-order valence-electron chi connectivity index (χ4n) is 3.88. The van der Waals surface area contributed by atoms with E-state index in [4.69, 9.17) is 0 Å². The SMILES string of the molecule is C=CC(O)c1nccn1C(c1ccccc1)(c1ccccc1)c1ccccc1. The van der Waals surface area contributed by atoms with E-state index in [1.54, 1.807) is 6.20 Å². The molecule has 0 aliphatic rings. The summed E-state index contributed by atoms with van der Waals surface area (Å²) in [5.74, 6) is 0.548. The molecule has 0 fully saturated rings. The van der Waals surface area contributed by atoms with Gasteiger partial charge in [-0.15, -0.1) is 6.58 Å². The number of benzene rings is 3. The smallest absolute Gasteiger partial charge is 0.142 e. The van der Waals surface area contributed by atoms with E-state index < -0.39 is 11.6 Å². The van der Waals surface area contributed by atoms with Gasteiger partial charge in [-0.3, -0.25) is 0 Å². The highest BCUT2D eigenvalue weighted by molar-refractivity contribution is 5.51. The zero-order chi connectivity index (χ0) is 19.4. The zero-order valence-corrected chi connectivity index (χ0v) is 15.5. The lowest BCUT2D eigenvalue weighted by atomic mass is 9.76. The van der Waals surface area contributed by atoms with Gasteiger partial charge in [-0.1, -0.05) is 97.1 Å². The summed E-state index contributed by atoms with van der Waals surface area (Å²) < 4.78 is 2.05. The van der Waals surface area contributed by atoms with Gasteiger partial charge in [0.1, 0.15) is 17.5 Å². The Labute approximate surface area is 165 Å². The minimum atomic E-state index is -0.870. The Hall–Kier alpha value is -3.43. The topological polar surface area (TPSA) is 38.1 Å². The van der Waals surface area contributed by atoms with Crippen LogP contribution in [0.3, 0.4) is 0 Å². The summed E-state index contributed by atoms with van der Waals surface area (Å²) in [6.45, 7) is 3.75. The Morgan fingerprint density at radius 1 is 0.786 bits per heavy atom. The summed E-state index contributed by atoms with van der Waals surface area (Å²) in [5.41, 5.74) is 2.58. The molecule has 4 aromatic rings. The summed E-state index contributed by atoms with van der Waals surface area (Å²) in [4.78, 5) is 4.47. The molecule has 1 heterocycles. The number of nitrogens with zero attached hydrogens (tertiary/aromatic N) is 2. The minimum absolute atomic E-state index is 0.548. The molecule has 3 nitrogen and oxygen atoms in total. The molecular weight excluding hydrogens is 344 g/mol. The maximum atomic E-state index is 10.6. The van der Waals surface area contributed by atoms with Crippen molar-refractivity contribution in [2.45, 2.75) is 11.6 Å². The third-order valence-electron chi connectivity index (χ3n) is 5.09. The fourth-order valence-corrected chi connectivity index (χ4v) is 3.88. The van der Waals surface area contributed by atoms with E-state index in [0.717, 1.165) is 16.7 Å². The van der Waals surface area contributed by atoms with Crippen LogP contribution in [0.2, 0.25) is 0 Å². The number of imidazole rings is 1. The molecule has 1 N–H and O–H groups in total. The van der Waals surface area contributed by atoms with Crippen molar-refractivity contribution in [1.82, 2.24) is 9.55 Å². The normalized spacial score (nSPS) is 12.5. The standard InChI is InChI=1S/C25H22N2O/c1-2-23(28)24-26-18-19-27(24)25(20-12-6-3-7-13-20,21-14-8-4-9-15-21)22-16-10-5-11-17-22/h2-19,23,28H,1H2.